The van der Waals surface area contributed by atoms with Gasteiger partial charge in [0.15, 0.2) is 0 Å². The van der Waals surface area contributed by atoms with Gasteiger partial charge in [0.1, 0.15) is 0 Å². The molecule has 2 heterocycles. The van der Waals surface area contributed by atoms with Crippen molar-refractivity contribution in [2.45, 2.75) is 12.8 Å². The second-order valence-corrected chi connectivity index (χ2v) is 5.13. The zero-order valence-electron chi connectivity index (χ0n) is 11.2. The van der Waals surface area contributed by atoms with Gasteiger partial charge in [-0.05, 0) is 31.8 Å². The Labute approximate surface area is 109 Å². The minimum Gasteiger partial charge on any atom is -0.469 e. The van der Waals surface area contributed by atoms with Gasteiger partial charge < -0.3 is 14.8 Å². The van der Waals surface area contributed by atoms with Crippen molar-refractivity contribution in [3.8, 4) is 0 Å². The van der Waals surface area contributed by atoms with Crippen LogP contribution in [0.4, 0.5) is 0 Å². The van der Waals surface area contributed by atoms with Crippen LogP contribution in [0.1, 0.15) is 12.8 Å². The van der Waals surface area contributed by atoms with Crippen molar-refractivity contribution in [3.05, 3.63) is 0 Å². The standard InChI is InChI=1S/C13H24N2O3/c1-17-13(16)12(11-2-4-14-5-3-11)10-15-6-8-18-9-7-15/h11-12,14H,2-10H2,1H3. The maximum atomic E-state index is 12.0. The molecule has 2 aliphatic rings. The predicted octanol–water partition coefficient (Wildman–Crippen LogP) is 0.107. The molecule has 2 saturated heterocycles. The van der Waals surface area contributed by atoms with Crippen molar-refractivity contribution in [2.75, 3.05) is 53.0 Å². The largest absolute Gasteiger partial charge is 0.469 e. The average molecular weight is 256 g/mol. The fourth-order valence-electron chi connectivity index (χ4n) is 2.88. The van der Waals surface area contributed by atoms with E-state index in [4.69, 9.17) is 9.47 Å². The molecule has 0 aromatic heterocycles. The number of carbonyl (C=O) groups excluding carboxylic acids is 1. The number of rotatable bonds is 4. The first-order valence-corrected chi connectivity index (χ1v) is 6.90. The molecule has 2 rings (SSSR count). The summed E-state index contributed by atoms with van der Waals surface area (Å²) in [6.45, 7) is 6.26. The Morgan fingerprint density at radius 2 is 2.06 bits per heavy atom. The van der Waals surface area contributed by atoms with E-state index in [-0.39, 0.29) is 11.9 Å². The smallest absolute Gasteiger partial charge is 0.310 e. The van der Waals surface area contributed by atoms with Gasteiger partial charge in [-0.3, -0.25) is 9.69 Å². The van der Waals surface area contributed by atoms with Gasteiger partial charge in [0.05, 0.1) is 26.2 Å². The minimum atomic E-state index is -0.0478. The fraction of sp³-hybridized carbons (Fsp3) is 0.923. The number of morpholine rings is 1. The Kier molecular flexibility index (Phi) is 5.41. The summed E-state index contributed by atoms with van der Waals surface area (Å²) >= 11 is 0. The maximum absolute atomic E-state index is 12.0. The van der Waals surface area contributed by atoms with Gasteiger partial charge in [-0.25, -0.2) is 0 Å². The van der Waals surface area contributed by atoms with E-state index < -0.39 is 0 Å². The maximum Gasteiger partial charge on any atom is 0.310 e. The fourth-order valence-corrected chi connectivity index (χ4v) is 2.88. The van der Waals surface area contributed by atoms with Crippen molar-refractivity contribution < 1.29 is 14.3 Å². The van der Waals surface area contributed by atoms with Crippen LogP contribution >= 0.6 is 0 Å². The molecule has 1 unspecified atom stereocenters. The van der Waals surface area contributed by atoms with E-state index in [1.807, 2.05) is 0 Å². The first kappa shape index (κ1) is 13.8. The first-order valence-electron chi connectivity index (χ1n) is 6.90. The van der Waals surface area contributed by atoms with Crippen LogP contribution < -0.4 is 5.32 Å². The summed E-state index contributed by atoms with van der Waals surface area (Å²) in [6, 6.07) is 0. The van der Waals surface area contributed by atoms with Crippen LogP contribution in [0, 0.1) is 11.8 Å². The summed E-state index contributed by atoms with van der Waals surface area (Å²) in [5, 5.41) is 3.34. The molecule has 0 aliphatic carbocycles. The second kappa shape index (κ2) is 7.07. The summed E-state index contributed by atoms with van der Waals surface area (Å²) in [5.41, 5.74) is 0. The molecule has 18 heavy (non-hydrogen) atoms. The SMILES string of the molecule is COC(=O)C(CN1CCOCC1)C1CCNCC1. The van der Waals surface area contributed by atoms with Crippen LogP contribution in [0.25, 0.3) is 0 Å². The molecule has 0 spiro atoms. The lowest BCUT2D eigenvalue weighted by Crippen LogP contribution is -2.45. The first-order chi connectivity index (χ1) is 8.81. The van der Waals surface area contributed by atoms with E-state index in [9.17, 15) is 4.79 Å². The highest BCUT2D eigenvalue weighted by molar-refractivity contribution is 5.73. The number of nitrogens with zero attached hydrogens (tertiary/aromatic N) is 1. The molecule has 0 saturated carbocycles. The molecule has 0 bridgehead atoms. The molecule has 2 aliphatic heterocycles. The zero-order valence-corrected chi connectivity index (χ0v) is 11.2. The summed E-state index contributed by atoms with van der Waals surface area (Å²) in [4.78, 5) is 14.3. The molecule has 104 valence electrons. The van der Waals surface area contributed by atoms with Crippen LogP contribution in [0.3, 0.4) is 0 Å². The number of hydrogen-bond acceptors (Lipinski definition) is 5. The highest BCUT2D eigenvalue weighted by Crippen LogP contribution is 2.24. The Morgan fingerprint density at radius 1 is 1.39 bits per heavy atom. The molecule has 5 nitrogen and oxygen atoms in total. The van der Waals surface area contributed by atoms with Crippen LogP contribution in [-0.4, -0.2) is 63.9 Å². The van der Waals surface area contributed by atoms with E-state index in [0.717, 1.165) is 58.8 Å². The van der Waals surface area contributed by atoms with Crippen LogP contribution in [0.2, 0.25) is 0 Å². The number of ether oxygens (including phenoxy) is 2. The van der Waals surface area contributed by atoms with Gasteiger partial charge >= 0.3 is 5.97 Å². The summed E-state index contributed by atoms with van der Waals surface area (Å²) in [7, 11) is 1.50. The lowest BCUT2D eigenvalue weighted by atomic mass is 9.84. The van der Waals surface area contributed by atoms with Crippen molar-refractivity contribution >= 4 is 5.97 Å². The Morgan fingerprint density at radius 3 is 2.67 bits per heavy atom. The third-order valence-electron chi connectivity index (χ3n) is 4.02. The van der Waals surface area contributed by atoms with Crippen molar-refractivity contribution in [3.63, 3.8) is 0 Å². The van der Waals surface area contributed by atoms with E-state index in [1.54, 1.807) is 0 Å². The lowest BCUT2D eigenvalue weighted by molar-refractivity contribution is -0.149. The average Bonchev–Trinajstić information content (AvgIpc) is 2.46. The van der Waals surface area contributed by atoms with Crippen LogP contribution in [0.5, 0.6) is 0 Å². The molecule has 0 radical (unpaired) electrons. The molecule has 0 aromatic carbocycles. The molecular weight excluding hydrogens is 232 g/mol. The van der Waals surface area contributed by atoms with Crippen molar-refractivity contribution in [1.29, 1.82) is 0 Å². The Balaban J connectivity index is 1.92. The van der Waals surface area contributed by atoms with E-state index in [1.165, 1.54) is 7.11 Å². The third kappa shape index (κ3) is 3.67. The Hall–Kier alpha value is -0.650. The van der Waals surface area contributed by atoms with Crippen molar-refractivity contribution in [1.82, 2.24) is 10.2 Å². The van der Waals surface area contributed by atoms with Gasteiger partial charge in [0.2, 0.25) is 0 Å². The van der Waals surface area contributed by atoms with E-state index >= 15 is 0 Å². The number of piperidine rings is 1. The number of hydrogen-bond donors (Lipinski definition) is 1. The summed E-state index contributed by atoms with van der Waals surface area (Å²) in [5.74, 6) is 0.435. The summed E-state index contributed by atoms with van der Waals surface area (Å²) in [6.07, 6.45) is 2.15. The number of esters is 1. The van der Waals surface area contributed by atoms with E-state index in [0.29, 0.717) is 5.92 Å². The molecule has 2 fully saturated rings. The van der Waals surface area contributed by atoms with Crippen LogP contribution in [-0.2, 0) is 14.3 Å². The number of nitrogens with one attached hydrogen (secondary N) is 1. The monoisotopic (exact) mass is 256 g/mol. The second-order valence-electron chi connectivity index (χ2n) is 5.13. The molecule has 0 aromatic rings. The van der Waals surface area contributed by atoms with Crippen LogP contribution in [0.15, 0.2) is 0 Å². The molecule has 0 amide bonds. The molecular formula is C13H24N2O3. The molecule has 1 atom stereocenters. The van der Waals surface area contributed by atoms with E-state index in [2.05, 4.69) is 10.2 Å². The van der Waals surface area contributed by atoms with Gasteiger partial charge in [-0.2, -0.15) is 0 Å². The lowest BCUT2D eigenvalue weighted by Gasteiger charge is -2.34. The normalized spacial score (nSPS) is 24.7. The summed E-state index contributed by atoms with van der Waals surface area (Å²) < 4.78 is 10.3. The molecule has 1 N–H and O–H groups in total. The van der Waals surface area contributed by atoms with Gasteiger partial charge in [-0.15, -0.1) is 0 Å². The molecule has 5 heteroatoms. The highest BCUT2D eigenvalue weighted by Gasteiger charge is 2.32. The zero-order chi connectivity index (χ0) is 12.8. The van der Waals surface area contributed by atoms with Gasteiger partial charge in [0, 0.05) is 19.6 Å². The van der Waals surface area contributed by atoms with Gasteiger partial charge in [0.25, 0.3) is 0 Å². The van der Waals surface area contributed by atoms with Gasteiger partial charge in [-0.1, -0.05) is 0 Å². The predicted molar refractivity (Wildman–Crippen MR) is 68.4 cm³/mol. The number of methoxy groups -OCH3 is 1. The van der Waals surface area contributed by atoms with Crippen molar-refractivity contribution in [2.24, 2.45) is 11.8 Å². The minimum absolute atomic E-state index is 0.0233. The quantitative estimate of drug-likeness (QED) is 0.723. The highest BCUT2D eigenvalue weighted by atomic mass is 16.5. The Bertz CT molecular complexity index is 261. The topological polar surface area (TPSA) is 50.8 Å². The third-order valence-corrected chi connectivity index (χ3v) is 4.02. The number of carbonyl (C=O) groups is 1.